The number of aliphatic hydroxyl groups is 2. The Morgan fingerprint density at radius 1 is 0.870 bits per heavy atom. The van der Waals surface area contributed by atoms with Gasteiger partial charge in [-0.3, -0.25) is 4.79 Å². The maximum atomic E-state index is 12.4. The van der Waals surface area contributed by atoms with Gasteiger partial charge in [-0.25, -0.2) is 0 Å². The maximum Gasteiger partial charge on any atom is 0.200 e. The van der Waals surface area contributed by atoms with Gasteiger partial charge in [0.1, 0.15) is 11.5 Å². The number of rotatable bonds is 7. The Labute approximate surface area is 133 Å². The van der Waals surface area contributed by atoms with E-state index in [1.165, 1.54) is 24.3 Å². The molecule has 2 aromatic rings. The van der Waals surface area contributed by atoms with Gasteiger partial charge in [0.2, 0.25) is 0 Å². The molecule has 0 aliphatic heterocycles. The number of para-hydroxylation sites is 1. The molecule has 4 N–H and O–H groups in total. The van der Waals surface area contributed by atoms with E-state index in [2.05, 4.69) is 0 Å². The van der Waals surface area contributed by atoms with Crippen molar-refractivity contribution in [2.75, 3.05) is 31.2 Å². The fourth-order valence-corrected chi connectivity index (χ4v) is 2.33. The van der Waals surface area contributed by atoms with Gasteiger partial charge in [0.25, 0.3) is 0 Å². The molecule has 0 unspecified atom stereocenters. The summed E-state index contributed by atoms with van der Waals surface area (Å²) < 4.78 is 0. The third-order valence-electron chi connectivity index (χ3n) is 3.48. The summed E-state index contributed by atoms with van der Waals surface area (Å²) in [5, 5.41) is 38.0. The minimum atomic E-state index is -0.483. The molecule has 6 heteroatoms. The average Bonchev–Trinajstić information content (AvgIpc) is 2.54. The van der Waals surface area contributed by atoms with E-state index in [1.807, 2.05) is 0 Å². The highest BCUT2D eigenvalue weighted by Gasteiger charge is 2.18. The standard InChI is InChI=1S/C17H19NO5/c19-9-7-18(8-10-20)12-5-6-14(16(22)11-12)17(23)13-3-1-2-4-15(13)21/h1-6,11,19-22H,7-10H2. The molecule has 122 valence electrons. The summed E-state index contributed by atoms with van der Waals surface area (Å²) in [4.78, 5) is 14.1. The summed E-state index contributed by atoms with van der Waals surface area (Å²) >= 11 is 0. The first-order chi connectivity index (χ1) is 11.1. The molecule has 0 aliphatic carbocycles. The second kappa shape index (κ2) is 7.62. The number of nitrogens with zero attached hydrogens (tertiary/aromatic N) is 1. The Kier molecular flexibility index (Phi) is 5.56. The van der Waals surface area contributed by atoms with Gasteiger partial charge in [0.15, 0.2) is 5.78 Å². The second-order valence-electron chi connectivity index (χ2n) is 4.98. The quantitative estimate of drug-likeness (QED) is 0.571. The highest BCUT2D eigenvalue weighted by atomic mass is 16.3. The van der Waals surface area contributed by atoms with Crippen molar-refractivity contribution in [3.8, 4) is 11.5 Å². The molecule has 0 saturated carbocycles. The van der Waals surface area contributed by atoms with Gasteiger partial charge in [0.05, 0.1) is 24.3 Å². The van der Waals surface area contributed by atoms with Crippen molar-refractivity contribution in [1.29, 1.82) is 0 Å². The van der Waals surface area contributed by atoms with E-state index in [0.29, 0.717) is 18.8 Å². The lowest BCUT2D eigenvalue weighted by molar-refractivity contribution is 0.103. The second-order valence-corrected chi connectivity index (χ2v) is 4.98. The van der Waals surface area contributed by atoms with Crippen LogP contribution < -0.4 is 4.90 Å². The zero-order valence-corrected chi connectivity index (χ0v) is 12.5. The van der Waals surface area contributed by atoms with Crippen LogP contribution >= 0.6 is 0 Å². The van der Waals surface area contributed by atoms with Crippen LogP contribution in [0.4, 0.5) is 5.69 Å². The number of hydrogen-bond acceptors (Lipinski definition) is 6. The Bertz CT molecular complexity index is 680. The molecule has 0 heterocycles. The van der Waals surface area contributed by atoms with E-state index in [0.717, 1.165) is 0 Å². The van der Waals surface area contributed by atoms with E-state index in [1.54, 1.807) is 23.1 Å². The number of aliphatic hydroxyl groups excluding tert-OH is 2. The van der Waals surface area contributed by atoms with Crippen molar-refractivity contribution < 1.29 is 25.2 Å². The van der Waals surface area contributed by atoms with Crippen molar-refractivity contribution in [2.45, 2.75) is 0 Å². The van der Waals surface area contributed by atoms with E-state index in [4.69, 9.17) is 10.2 Å². The lowest BCUT2D eigenvalue weighted by Gasteiger charge is -2.23. The molecule has 0 fully saturated rings. The number of carbonyl (C=O) groups excluding carboxylic acids is 1. The topological polar surface area (TPSA) is 101 Å². The lowest BCUT2D eigenvalue weighted by atomic mass is 10.0. The predicted molar refractivity (Wildman–Crippen MR) is 86.0 cm³/mol. The summed E-state index contributed by atoms with van der Waals surface area (Å²) in [6.07, 6.45) is 0. The Morgan fingerprint density at radius 2 is 1.48 bits per heavy atom. The number of hydrogen-bond donors (Lipinski definition) is 4. The van der Waals surface area contributed by atoms with Crippen molar-refractivity contribution in [3.05, 3.63) is 53.6 Å². The Hall–Kier alpha value is -2.57. The molecule has 0 aromatic heterocycles. The van der Waals surface area contributed by atoms with Gasteiger partial charge in [0, 0.05) is 24.8 Å². The maximum absolute atomic E-state index is 12.4. The number of anilines is 1. The first kappa shape index (κ1) is 16.8. The number of aromatic hydroxyl groups is 2. The van der Waals surface area contributed by atoms with E-state index in [9.17, 15) is 15.0 Å². The first-order valence-electron chi connectivity index (χ1n) is 7.21. The smallest absolute Gasteiger partial charge is 0.200 e. The number of benzene rings is 2. The third kappa shape index (κ3) is 3.80. The Morgan fingerprint density at radius 3 is 2.04 bits per heavy atom. The molecule has 0 bridgehead atoms. The number of carbonyl (C=O) groups is 1. The third-order valence-corrected chi connectivity index (χ3v) is 3.48. The highest BCUT2D eigenvalue weighted by Crippen LogP contribution is 2.28. The monoisotopic (exact) mass is 317 g/mol. The summed E-state index contributed by atoms with van der Waals surface area (Å²) in [6.45, 7) is 0.401. The van der Waals surface area contributed by atoms with E-state index in [-0.39, 0.29) is 35.8 Å². The van der Waals surface area contributed by atoms with Crippen LogP contribution in [0.25, 0.3) is 0 Å². The van der Waals surface area contributed by atoms with Crippen LogP contribution in [0.15, 0.2) is 42.5 Å². The fraction of sp³-hybridized carbons (Fsp3) is 0.235. The molecular weight excluding hydrogens is 298 g/mol. The molecule has 6 nitrogen and oxygen atoms in total. The summed E-state index contributed by atoms with van der Waals surface area (Å²) in [5.41, 5.74) is 0.765. The number of phenols is 2. The Balaban J connectivity index is 2.32. The van der Waals surface area contributed by atoms with Crippen molar-refractivity contribution in [2.24, 2.45) is 0 Å². The van der Waals surface area contributed by atoms with Gasteiger partial charge in [-0.2, -0.15) is 0 Å². The lowest BCUT2D eigenvalue weighted by Crippen LogP contribution is -2.29. The van der Waals surface area contributed by atoms with Gasteiger partial charge < -0.3 is 25.3 Å². The molecule has 0 aliphatic rings. The van der Waals surface area contributed by atoms with Gasteiger partial charge in [-0.05, 0) is 24.3 Å². The number of ketones is 1. The van der Waals surface area contributed by atoms with Crippen LogP contribution in [0, 0.1) is 0 Å². The van der Waals surface area contributed by atoms with Crippen molar-refractivity contribution in [3.63, 3.8) is 0 Å². The summed E-state index contributed by atoms with van der Waals surface area (Å²) in [7, 11) is 0. The van der Waals surface area contributed by atoms with Crippen LogP contribution in [0.3, 0.4) is 0 Å². The number of phenolic OH excluding ortho intramolecular Hbond substituents is 2. The minimum absolute atomic E-state index is 0.0724. The van der Waals surface area contributed by atoms with E-state index >= 15 is 0 Å². The SMILES string of the molecule is O=C(c1ccccc1O)c1ccc(N(CCO)CCO)cc1O. The van der Waals surface area contributed by atoms with Crippen LogP contribution in [0.5, 0.6) is 11.5 Å². The minimum Gasteiger partial charge on any atom is -0.507 e. The van der Waals surface area contributed by atoms with Crippen molar-refractivity contribution in [1.82, 2.24) is 0 Å². The molecule has 23 heavy (non-hydrogen) atoms. The van der Waals surface area contributed by atoms with Gasteiger partial charge >= 0.3 is 0 Å². The molecule has 0 atom stereocenters. The van der Waals surface area contributed by atoms with E-state index < -0.39 is 5.78 Å². The average molecular weight is 317 g/mol. The van der Waals surface area contributed by atoms with Gasteiger partial charge in [-0.1, -0.05) is 12.1 Å². The highest BCUT2D eigenvalue weighted by molar-refractivity contribution is 6.12. The molecule has 0 spiro atoms. The van der Waals surface area contributed by atoms with Crippen LogP contribution in [0.2, 0.25) is 0 Å². The summed E-state index contributed by atoms with van der Waals surface area (Å²) in [6, 6.07) is 10.6. The normalized spacial score (nSPS) is 10.5. The molecule has 2 rings (SSSR count). The summed E-state index contributed by atoms with van der Waals surface area (Å²) in [5.74, 6) is -0.859. The zero-order chi connectivity index (χ0) is 16.8. The molecule has 0 saturated heterocycles. The van der Waals surface area contributed by atoms with Crippen molar-refractivity contribution >= 4 is 11.5 Å². The van der Waals surface area contributed by atoms with Crippen LogP contribution in [0.1, 0.15) is 15.9 Å². The van der Waals surface area contributed by atoms with Crippen LogP contribution in [-0.2, 0) is 0 Å². The molecule has 2 aromatic carbocycles. The largest absolute Gasteiger partial charge is 0.507 e. The predicted octanol–water partition coefficient (Wildman–Crippen LogP) is 1.12. The first-order valence-corrected chi connectivity index (χ1v) is 7.21. The molecular formula is C17H19NO5. The van der Waals surface area contributed by atoms with Crippen LogP contribution in [-0.4, -0.2) is 52.5 Å². The van der Waals surface area contributed by atoms with Gasteiger partial charge in [-0.15, -0.1) is 0 Å². The molecule has 0 radical (unpaired) electrons. The molecule has 0 amide bonds. The fourth-order valence-electron chi connectivity index (χ4n) is 2.33. The zero-order valence-electron chi connectivity index (χ0n) is 12.5.